The molecular formula is C20H24N2O3. The molecule has 0 atom stereocenters. The maximum Gasteiger partial charge on any atom is 0.359 e. The fraction of sp³-hybridized carbons (Fsp3) is 0.500. The van der Waals surface area contributed by atoms with Crippen LogP contribution in [0.1, 0.15) is 47.9 Å². The number of carbonyl (C=O) groups excluding carboxylic acids is 1. The molecule has 0 unspecified atom stereocenters. The molecule has 1 aromatic carbocycles. The van der Waals surface area contributed by atoms with E-state index in [-0.39, 0.29) is 11.4 Å². The van der Waals surface area contributed by atoms with Gasteiger partial charge in [0.2, 0.25) is 0 Å². The Morgan fingerprint density at radius 3 is 2.68 bits per heavy atom. The third-order valence-electron chi connectivity index (χ3n) is 5.08. The van der Waals surface area contributed by atoms with Crippen LogP contribution in [0.25, 0.3) is 5.69 Å². The van der Waals surface area contributed by atoms with Gasteiger partial charge in [-0.1, -0.05) is 31.5 Å². The fourth-order valence-electron chi connectivity index (χ4n) is 3.56. The second-order valence-electron chi connectivity index (χ2n) is 7.46. The van der Waals surface area contributed by atoms with Gasteiger partial charge in [0, 0.05) is 16.7 Å². The Labute approximate surface area is 147 Å². The summed E-state index contributed by atoms with van der Waals surface area (Å²) in [5.41, 5.74) is 3.67. The minimum absolute atomic E-state index is 0.0470. The summed E-state index contributed by atoms with van der Waals surface area (Å²) in [4.78, 5) is 12.7. The van der Waals surface area contributed by atoms with E-state index in [0.29, 0.717) is 25.5 Å². The Morgan fingerprint density at radius 1 is 1.20 bits per heavy atom. The van der Waals surface area contributed by atoms with Crippen LogP contribution in [-0.2, 0) is 22.3 Å². The molecule has 2 aromatic rings. The largest absolute Gasteiger partial charge is 0.460 e. The fourth-order valence-corrected chi connectivity index (χ4v) is 3.56. The van der Waals surface area contributed by atoms with Crippen molar-refractivity contribution in [2.75, 3.05) is 19.8 Å². The second-order valence-corrected chi connectivity index (χ2v) is 7.46. The highest BCUT2D eigenvalue weighted by molar-refractivity contribution is 5.89. The predicted molar refractivity (Wildman–Crippen MR) is 94.0 cm³/mol. The van der Waals surface area contributed by atoms with Gasteiger partial charge in [-0.05, 0) is 37.8 Å². The summed E-state index contributed by atoms with van der Waals surface area (Å²) in [5.74, 6) is -0.305. The quantitative estimate of drug-likeness (QED) is 0.633. The number of aromatic nitrogens is 2. The van der Waals surface area contributed by atoms with Crippen LogP contribution >= 0.6 is 0 Å². The van der Waals surface area contributed by atoms with Crippen molar-refractivity contribution in [3.63, 3.8) is 0 Å². The van der Waals surface area contributed by atoms with Gasteiger partial charge >= 0.3 is 5.97 Å². The SMILES string of the molecule is CC1(COC(=O)c2nn(-c3ccccc3)c3c2CCCCC3)COC1. The van der Waals surface area contributed by atoms with E-state index in [1.165, 1.54) is 6.42 Å². The van der Waals surface area contributed by atoms with E-state index < -0.39 is 0 Å². The lowest BCUT2D eigenvalue weighted by atomic mass is 9.90. The van der Waals surface area contributed by atoms with Crippen molar-refractivity contribution in [1.29, 1.82) is 0 Å². The smallest absolute Gasteiger partial charge is 0.359 e. The number of para-hydroxylation sites is 1. The van der Waals surface area contributed by atoms with Gasteiger partial charge in [-0.2, -0.15) is 5.10 Å². The molecule has 0 N–H and O–H groups in total. The summed E-state index contributed by atoms with van der Waals surface area (Å²) in [6, 6.07) is 10.0. The molecule has 1 saturated heterocycles. The Balaban J connectivity index is 1.65. The first-order chi connectivity index (χ1) is 12.2. The van der Waals surface area contributed by atoms with Gasteiger partial charge in [0.05, 0.1) is 18.9 Å². The molecule has 2 aliphatic rings. The number of hydrogen-bond donors (Lipinski definition) is 0. The Bertz CT molecular complexity index is 763. The van der Waals surface area contributed by atoms with E-state index in [1.54, 1.807) is 0 Å². The monoisotopic (exact) mass is 340 g/mol. The average Bonchev–Trinajstić information content (AvgIpc) is 2.80. The first-order valence-electron chi connectivity index (χ1n) is 9.07. The van der Waals surface area contributed by atoms with E-state index in [9.17, 15) is 4.79 Å². The number of rotatable bonds is 4. The van der Waals surface area contributed by atoms with Gasteiger partial charge in [0.25, 0.3) is 0 Å². The number of benzene rings is 1. The Kier molecular flexibility index (Phi) is 4.34. The molecule has 1 aliphatic carbocycles. The zero-order chi connectivity index (χ0) is 17.3. The van der Waals surface area contributed by atoms with Crippen molar-refractivity contribution in [3.05, 3.63) is 47.3 Å². The topological polar surface area (TPSA) is 53.3 Å². The van der Waals surface area contributed by atoms with E-state index in [4.69, 9.17) is 9.47 Å². The van der Waals surface area contributed by atoms with Crippen LogP contribution < -0.4 is 0 Å². The third-order valence-corrected chi connectivity index (χ3v) is 5.08. The average molecular weight is 340 g/mol. The summed E-state index contributed by atoms with van der Waals surface area (Å²) in [6.07, 6.45) is 5.27. The van der Waals surface area contributed by atoms with Gasteiger partial charge in [-0.25, -0.2) is 9.48 Å². The van der Waals surface area contributed by atoms with Crippen molar-refractivity contribution in [2.24, 2.45) is 5.41 Å². The summed E-state index contributed by atoms with van der Waals surface area (Å²) >= 11 is 0. The van der Waals surface area contributed by atoms with Crippen LogP contribution in [0, 0.1) is 5.41 Å². The minimum Gasteiger partial charge on any atom is -0.460 e. The molecule has 0 radical (unpaired) electrons. The molecule has 1 fully saturated rings. The molecule has 2 heterocycles. The first kappa shape index (κ1) is 16.3. The highest BCUT2D eigenvalue weighted by atomic mass is 16.5. The Hall–Kier alpha value is -2.14. The van der Waals surface area contributed by atoms with Crippen molar-refractivity contribution in [1.82, 2.24) is 9.78 Å². The molecule has 25 heavy (non-hydrogen) atoms. The molecule has 0 saturated carbocycles. The maximum atomic E-state index is 12.7. The lowest BCUT2D eigenvalue weighted by molar-refractivity contribution is -0.127. The van der Waals surface area contributed by atoms with E-state index in [2.05, 4.69) is 12.0 Å². The van der Waals surface area contributed by atoms with Crippen LogP contribution in [0.5, 0.6) is 0 Å². The van der Waals surface area contributed by atoms with Gasteiger partial charge in [-0.15, -0.1) is 0 Å². The molecule has 132 valence electrons. The zero-order valence-electron chi connectivity index (χ0n) is 14.7. The van der Waals surface area contributed by atoms with Crippen molar-refractivity contribution in [2.45, 2.75) is 39.0 Å². The van der Waals surface area contributed by atoms with E-state index in [0.717, 1.165) is 42.6 Å². The predicted octanol–water partition coefficient (Wildman–Crippen LogP) is 3.33. The summed E-state index contributed by atoms with van der Waals surface area (Å²) in [6.45, 7) is 3.76. The number of nitrogens with zero attached hydrogens (tertiary/aromatic N) is 2. The van der Waals surface area contributed by atoms with Crippen LogP contribution in [0.2, 0.25) is 0 Å². The van der Waals surface area contributed by atoms with Gasteiger partial charge < -0.3 is 9.47 Å². The lowest BCUT2D eigenvalue weighted by Gasteiger charge is -2.37. The Morgan fingerprint density at radius 2 is 1.96 bits per heavy atom. The van der Waals surface area contributed by atoms with Gasteiger partial charge in [-0.3, -0.25) is 0 Å². The maximum absolute atomic E-state index is 12.7. The van der Waals surface area contributed by atoms with Crippen molar-refractivity contribution >= 4 is 5.97 Å². The molecule has 1 aliphatic heterocycles. The third kappa shape index (κ3) is 3.21. The number of esters is 1. The van der Waals surface area contributed by atoms with Crippen LogP contribution in [0.3, 0.4) is 0 Å². The number of fused-ring (bicyclic) bond motifs is 1. The molecule has 5 heteroatoms. The van der Waals surface area contributed by atoms with E-state index in [1.807, 2.05) is 35.0 Å². The molecule has 0 amide bonds. The molecule has 5 nitrogen and oxygen atoms in total. The number of hydrogen-bond acceptors (Lipinski definition) is 4. The molecule has 1 aromatic heterocycles. The minimum atomic E-state index is -0.305. The van der Waals surface area contributed by atoms with Gasteiger partial charge in [0.15, 0.2) is 5.69 Å². The van der Waals surface area contributed by atoms with Crippen molar-refractivity contribution in [3.8, 4) is 5.69 Å². The molecule has 4 rings (SSSR count). The first-order valence-corrected chi connectivity index (χ1v) is 9.07. The highest BCUT2D eigenvalue weighted by Crippen LogP contribution is 2.29. The normalized spacial score (nSPS) is 18.8. The van der Waals surface area contributed by atoms with Crippen LogP contribution in [0.15, 0.2) is 30.3 Å². The lowest BCUT2D eigenvalue weighted by Crippen LogP contribution is -2.44. The standard InChI is InChI=1S/C20H24N2O3/c1-20(12-24-13-20)14-25-19(23)18-16-10-6-3-7-11-17(16)22(21-18)15-8-4-2-5-9-15/h2,4-5,8-9H,3,6-7,10-14H2,1H3. The highest BCUT2D eigenvalue weighted by Gasteiger charge is 2.36. The number of carbonyl (C=O) groups is 1. The number of ether oxygens (including phenoxy) is 2. The van der Waals surface area contributed by atoms with Crippen molar-refractivity contribution < 1.29 is 14.3 Å². The van der Waals surface area contributed by atoms with E-state index >= 15 is 0 Å². The van der Waals surface area contributed by atoms with Crippen LogP contribution in [0.4, 0.5) is 0 Å². The zero-order valence-corrected chi connectivity index (χ0v) is 14.7. The van der Waals surface area contributed by atoms with Gasteiger partial charge in [0.1, 0.15) is 6.61 Å². The summed E-state index contributed by atoms with van der Waals surface area (Å²) < 4.78 is 12.8. The van der Waals surface area contributed by atoms with Crippen LogP contribution in [-0.4, -0.2) is 35.6 Å². The summed E-state index contributed by atoms with van der Waals surface area (Å²) in [7, 11) is 0. The summed E-state index contributed by atoms with van der Waals surface area (Å²) in [5, 5.41) is 4.66. The molecular weight excluding hydrogens is 316 g/mol. The molecule has 0 bridgehead atoms. The second kappa shape index (κ2) is 6.64. The molecule has 0 spiro atoms.